The molecule has 154 valence electrons. The Morgan fingerprint density at radius 1 is 1.07 bits per heavy atom. The van der Waals surface area contributed by atoms with Crippen LogP contribution in [0.1, 0.15) is 63.0 Å². The third kappa shape index (κ3) is 5.26. The van der Waals surface area contributed by atoms with E-state index in [0.717, 1.165) is 25.5 Å². The van der Waals surface area contributed by atoms with E-state index >= 15 is 0 Å². The molecule has 3 heterocycles. The zero-order valence-electron chi connectivity index (χ0n) is 17.3. The fourth-order valence-electron chi connectivity index (χ4n) is 4.76. The lowest BCUT2D eigenvalue weighted by Gasteiger charge is -2.22. The molecule has 28 heavy (non-hydrogen) atoms. The molecule has 1 aromatic rings. The maximum Gasteiger partial charge on any atom is 0.191 e. The van der Waals surface area contributed by atoms with Crippen LogP contribution < -0.4 is 10.6 Å². The SMILES string of the molecule is CCNC(=NCc1ccc(CN2CCCCCC2)cc1)NC1CC2CCC1O2. The van der Waals surface area contributed by atoms with Gasteiger partial charge in [0.1, 0.15) is 0 Å². The van der Waals surface area contributed by atoms with Crippen molar-refractivity contribution in [1.29, 1.82) is 0 Å². The molecule has 1 aromatic carbocycles. The Hall–Kier alpha value is -1.59. The zero-order chi connectivity index (χ0) is 19.2. The monoisotopic (exact) mass is 384 g/mol. The first-order valence-corrected chi connectivity index (χ1v) is 11.3. The summed E-state index contributed by atoms with van der Waals surface area (Å²) < 4.78 is 5.96. The second kappa shape index (κ2) is 9.75. The van der Waals surface area contributed by atoms with E-state index < -0.39 is 0 Å². The minimum absolute atomic E-state index is 0.368. The van der Waals surface area contributed by atoms with Crippen LogP contribution in [0.3, 0.4) is 0 Å². The Balaban J connectivity index is 1.30. The van der Waals surface area contributed by atoms with Crippen LogP contribution in [0.4, 0.5) is 0 Å². The summed E-state index contributed by atoms with van der Waals surface area (Å²) in [4.78, 5) is 7.42. The standard InChI is InChI=1S/C23H36N4O/c1-2-24-23(26-21-15-20-11-12-22(21)28-20)25-16-18-7-9-19(10-8-18)17-27-13-5-3-4-6-14-27/h7-10,20-22H,2-6,11-17H2,1H3,(H2,24,25,26). The fourth-order valence-corrected chi connectivity index (χ4v) is 4.76. The summed E-state index contributed by atoms with van der Waals surface area (Å²) in [5.74, 6) is 0.914. The van der Waals surface area contributed by atoms with Gasteiger partial charge in [-0.3, -0.25) is 4.90 Å². The molecule has 3 atom stereocenters. The van der Waals surface area contributed by atoms with Crippen molar-refractivity contribution in [2.24, 2.45) is 4.99 Å². The molecule has 0 amide bonds. The summed E-state index contributed by atoms with van der Waals surface area (Å²) in [5.41, 5.74) is 2.68. The van der Waals surface area contributed by atoms with Crippen LogP contribution in [-0.4, -0.2) is 48.7 Å². The van der Waals surface area contributed by atoms with E-state index in [9.17, 15) is 0 Å². The van der Waals surface area contributed by atoms with Gasteiger partial charge in [-0.05, 0) is 63.2 Å². The number of hydrogen-bond donors (Lipinski definition) is 2. The first-order valence-electron chi connectivity index (χ1n) is 11.3. The van der Waals surface area contributed by atoms with Crippen LogP contribution in [0.25, 0.3) is 0 Å². The summed E-state index contributed by atoms with van der Waals surface area (Å²) in [6, 6.07) is 9.44. The number of likely N-dealkylation sites (tertiary alicyclic amines) is 1. The smallest absolute Gasteiger partial charge is 0.191 e. The number of fused-ring (bicyclic) bond motifs is 2. The number of rotatable bonds is 6. The second-order valence-corrected chi connectivity index (χ2v) is 8.56. The lowest BCUT2D eigenvalue weighted by molar-refractivity contribution is 0.0992. The van der Waals surface area contributed by atoms with Crippen LogP contribution in [0.5, 0.6) is 0 Å². The Bertz CT molecular complexity index is 637. The van der Waals surface area contributed by atoms with Gasteiger partial charge in [0.25, 0.3) is 0 Å². The normalized spacial score (nSPS) is 28.3. The van der Waals surface area contributed by atoms with Crippen molar-refractivity contribution in [2.75, 3.05) is 19.6 Å². The molecule has 5 heteroatoms. The third-order valence-corrected chi connectivity index (χ3v) is 6.32. The molecule has 3 aliphatic rings. The van der Waals surface area contributed by atoms with Crippen LogP contribution >= 0.6 is 0 Å². The quantitative estimate of drug-likeness (QED) is 0.583. The largest absolute Gasteiger partial charge is 0.373 e. The molecule has 0 saturated carbocycles. The number of aliphatic imine (C=N–C) groups is 1. The van der Waals surface area contributed by atoms with Gasteiger partial charge in [0.15, 0.2) is 5.96 Å². The van der Waals surface area contributed by atoms with Crippen molar-refractivity contribution in [3.63, 3.8) is 0 Å². The minimum Gasteiger partial charge on any atom is -0.373 e. The summed E-state index contributed by atoms with van der Waals surface area (Å²) in [6.07, 6.45) is 9.82. The Kier molecular flexibility index (Phi) is 6.86. The lowest BCUT2D eigenvalue weighted by atomic mass is 9.96. The van der Waals surface area contributed by atoms with Crippen molar-refractivity contribution in [3.05, 3.63) is 35.4 Å². The molecule has 3 aliphatic heterocycles. The molecule has 3 fully saturated rings. The number of ether oxygens (including phenoxy) is 1. The maximum absolute atomic E-state index is 5.96. The number of hydrogen-bond acceptors (Lipinski definition) is 3. The van der Waals surface area contributed by atoms with Gasteiger partial charge in [-0.1, -0.05) is 37.1 Å². The maximum atomic E-state index is 5.96. The summed E-state index contributed by atoms with van der Waals surface area (Å²) >= 11 is 0. The van der Waals surface area contributed by atoms with Crippen LogP contribution in [-0.2, 0) is 17.8 Å². The van der Waals surface area contributed by atoms with Gasteiger partial charge in [-0.25, -0.2) is 4.99 Å². The summed E-state index contributed by atoms with van der Waals surface area (Å²) in [6.45, 7) is 7.28. The predicted molar refractivity (Wildman–Crippen MR) is 114 cm³/mol. The zero-order valence-corrected chi connectivity index (χ0v) is 17.3. The molecular weight excluding hydrogens is 348 g/mol. The summed E-state index contributed by atoms with van der Waals surface area (Å²) in [5, 5.41) is 6.98. The Morgan fingerprint density at radius 2 is 1.82 bits per heavy atom. The second-order valence-electron chi connectivity index (χ2n) is 8.56. The van der Waals surface area contributed by atoms with Crippen LogP contribution in [0.2, 0.25) is 0 Å². The number of benzene rings is 1. The average molecular weight is 385 g/mol. The van der Waals surface area contributed by atoms with Gasteiger partial charge in [-0.2, -0.15) is 0 Å². The van der Waals surface area contributed by atoms with Gasteiger partial charge in [-0.15, -0.1) is 0 Å². The molecule has 0 aliphatic carbocycles. The highest BCUT2D eigenvalue weighted by Crippen LogP contribution is 2.34. The molecule has 0 aromatic heterocycles. The van der Waals surface area contributed by atoms with Gasteiger partial charge in [0, 0.05) is 13.1 Å². The average Bonchev–Trinajstić information content (AvgIpc) is 3.23. The van der Waals surface area contributed by atoms with Crippen LogP contribution in [0.15, 0.2) is 29.3 Å². The molecular formula is C23H36N4O. The van der Waals surface area contributed by atoms with Crippen molar-refractivity contribution in [3.8, 4) is 0 Å². The predicted octanol–water partition coefficient (Wildman–Crippen LogP) is 3.44. The highest BCUT2D eigenvalue weighted by atomic mass is 16.5. The lowest BCUT2D eigenvalue weighted by Crippen LogP contribution is -2.47. The van der Waals surface area contributed by atoms with Gasteiger partial charge in [0.2, 0.25) is 0 Å². The number of guanidine groups is 1. The molecule has 0 radical (unpaired) electrons. The molecule has 5 nitrogen and oxygen atoms in total. The highest BCUT2D eigenvalue weighted by molar-refractivity contribution is 5.80. The summed E-state index contributed by atoms with van der Waals surface area (Å²) in [7, 11) is 0. The van der Waals surface area contributed by atoms with Crippen molar-refractivity contribution in [2.45, 2.75) is 83.2 Å². The molecule has 3 saturated heterocycles. The fraction of sp³-hybridized carbons (Fsp3) is 0.696. The van der Waals surface area contributed by atoms with Crippen molar-refractivity contribution >= 4 is 5.96 Å². The van der Waals surface area contributed by atoms with Crippen molar-refractivity contribution < 1.29 is 4.74 Å². The van der Waals surface area contributed by atoms with E-state index in [2.05, 4.69) is 46.7 Å². The molecule has 3 unspecified atom stereocenters. The third-order valence-electron chi connectivity index (χ3n) is 6.32. The first-order chi connectivity index (χ1) is 13.8. The van der Waals surface area contributed by atoms with E-state index in [4.69, 9.17) is 9.73 Å². The van der Waals surface area contributed by atoms with E-state index in [1.807, 2.05) is 0 Å². The van der Waals surface area contributed by atoms with Crippen LogP contribution in [0, 0.1) is 0 Å². The molecule has 4 rings (SSSR count). The minimum atomic E-state index is 0.368. The Morgan fingerprint density at radius 3 is 2.46 bits per heavy atom. The van der Waals surface area contributed by atoms with E-state index in [0.29, 0.717) is 24.8 Å². The molecule has 2 N–H and O–H groups in total. The van der Waals surface area contributed by atoms with E-state index in [-0.39, 0.29) is 0 Å². The van der Waals surface area contributed by atoms with E-state index in [1.54, 1.807) is 0 Å². The number of nitrogens with zero attached hydrogens (tertiary/aromatic N) is 2. The highest BCUT2D eigenvalue weighted by Gasteiger charge is 2.41. The topological polar surface area (TPSA) is 48.9 Å². The molecule has 0 spiro atoms. The van der Waals surface area contributed by atoms with E-state index in [1.165, 1.54) is 62.7 Å². The molecule has 2 bridgehead atoms. The van der Waals surface area contributed by atoms with Gasteiger partial charge in [0.05, 0.1) is 24.8 Å². The van der Waals surface area contributed by atoms with Gasteiger partial charge < -0.3 is 15.4 Å². The Labute approximate surface area is 169 Å². The first kappa shape index (κ1) is 19.7. The van der Waals surface area contributed by atoms with Crippen molar-refractivity contribution in [1.82, 2.24) is 15.5 Å². The van der Waals surface area contributed by atoms with Gasteiger partial charge >= 0.3 is 0 Å². The number of nitrogens with one attached hydrogen (secondary N) is 2.